The first kappa shape index (κ1) is 20.7. The fourth-order valence-corrected chi connectivity index (χ4v) is 3.19. The zero-order valence-electron chi connectivity index (χ0n) is 16.1. The number of likely N-dealkylation sites (tertiary alicyclic amines) is 1. The molecule has 0 saturated carbocycles. The summed E-state index contributed by atoms with van der Waals surface area (Å²) in [5.74, 6) is 0.614. The largest absolute Gasteiger partial charge is 0.862 e. The standard InChI is InChI=1S/C20H32N2O4/c1-3-25-15-18(23)16-26-19-9-7-17(8-10-19)21-20(24)11-14-22(2)12-5-4-6-13-22/h7-10,18,23H,3-6,11-16H2,1-2H3/p+1/t18-/m1/s1. The Morgan fingerprint density at radius 2 is 1.88 bits per heavy atom. The van der Waals surface area contributed by atoms with Crippen molar-refractivity contribution in [3.8, 4) is 5.75 Å². The number of piperidine rings is 1. The van der Waals surface area contributed by atoms with Crippen LogP contribution in [0.3, 0.4) is 0 Å². The minimum atomic E-state index is -0.403. The van der Waals surface area contributed by atoms with Gasteiger partial charge in [0.2, 0.25) is 6.10 Å². The van der Waals surface area contributed by atoms with Gasteiger partial charge in [0.1, 0.15) is 12.4 Å². The number of quaternary nitrogens is 1. The van der Waals surface area contributed by atoms with Crippen molar-refractivity contribution in [3.05, 3.63) is 24.3 Å². The molecule has 0 aliphatic carbocycles. The monoisotopic (exact) mass is 365 g/mol. The fourth-order valence-electron chi connectivity index (χ4n) is 3.19. The van der Waals surface area contributed by atoms with Gasteiger partial charge in [-0.05, 0) is 56.3 Å². The van der Waals surface area contributed by atoms with Crippen LogP contribution in [0.15, 0.2) is 29.3 Å². The highest BCUT2D eigenvalue weighted by Crippen LogP contribution is 2.20. The number of rotatable bonds is 10. The van der Waals surface area contributed by atoms with E-state index >= 15 is 0 Å². The van der Waals surface area contributed by atoms with Gasteiger partial charge in [-0.1, -0.05) is 0 Å². The van der Waals surface area contributed by atoms with Crippen molar-refractivity contribution in [1.82, 2.24) is 0 Å². The van der Waals surface area contributed by atoms with Crippen molar-refractivity contribution in [3.63, 3.8) is 0 Å². The number of hydrogen-bond acceptors (Lipinski definition) is 4. The molecule has 1 aliphatic heterocycles. The van der Waals surface area contributed by atoms with E-state index in [2.05, 4.69) is 12.0 Å². The number of nitrogens with zero attached hydrogens (tertiary/aromatic N) is 2. The van der Waals surface area contributed by atoms with Crippen LogP contribution in [0.25, 0.3) is 0 Å². The van der Waals surface area contributed by atoms with E-state index in [0.29, 0.717) is 31.1 Å². The van der Waals surface area contributed by atoms with Gasteiger partial charge in [-0.25, -0.2) is 0 Å². The van der Waals surface area contributed by atoms with Crippen LogP contribution in [0.4, 0.5) is 5.69 Å². The SMILES string of the molecule is CCOC[C@@H]([OH2+])COc1ccc(N=C([O-])CC[N+]2(C)CCCCC2)cc1. The van der Waals surface area contributed by atoms with E-state index in [1.807, 2.05) is 6.92 Å². The summed E-state index contributed by atoms with van der Waals surface area (Å²) in [7, 11) is 2.24. The van der Waals surface area contributed by atoms with Gasteiger partial charge in [0.15, 0.2) is 6.61 Å². The second kappa shape index (κ2) is 10.5. The summed E-state index contributed by atoms with van der Waals surface area (Å²) in [6.07, 6.45) is 3.92. The van der Waals surface area contributed by atoms with Crippen LogP contribution in [0.2, 0.25) is 0 Å². The van der Waals surface area contributed by atoms with Crippen LogP contribution < -0.4 is 9.84 Å². The number of benzene rings is 1. The Morgan fingerprint density at radius 3 is 2.54 bits per heavy atom. The molecule has 0 amide bonds. The fraction of sp³-hybridized carbons (Fsp3) is 0.650. The average molecular weight is 365 g/mol. The third-order valence-corrected chi connectivity index (χ3v) is 4.83. The molecule has 26 heavy (non-hydrogen) atoms. The lowest BCUT2D eigenvalue weighted by atomic mass is 10.1. The van der Waals surface area contributed by atoms with Gasteiger partial charge in [0.25, 0.3) is 0 Å². The summed E-state index contributed by atoms with van der Waals surface area (Å²) in [6, 6.07) is 7.15. The second-order valence-electron chi connectivity index (χ2n) is 7.27. The maximum absolute atomic E-state index is 12.2. The zero-order valence-corrected chi connectivity index (χ0v) is 16.1. The van der Waals surface area contributed by atoms with Gasteiger partial charge in [-0.2, -0.15) is 0 Å². The van der Waals surface area contributed by atoms with Gasteiger partial charge >= 0.3 is 0 Å². The van der Waals surface area contributed by atoms with E-state index in [9.17, 15) is 5.11 Å². The van der Waals surface area contributed by atoms with E-state index in [4.69, 9.17) is 14.6 Å². The molecule has 0 unspecified atom stereocenters. The molecule has 1 aromatic rings. The first-order valence-corrected chi connectivity index (χ1v) is 9.60. The van der Waals surface area contributed by atoms with Crippen molar-refractivity contribution >= 4 is 11.6 Å². The maximum Gasteiger partial charge on any atom is 0.212 e. The van der Waals surface area contributed by atoms with Crippen LogP contribution in [-0.4, -0.2) is 68.1 Å². The van der Waals surface area contributed by atoms with Gasteiger partial charge in [0, 0.05) is 13.0 Å². The Kier molecular flexibility index (Phi) is 8.35. The summed E-state index contributed by atoms with van der Waals surface area (Å²) in [4.78, 5) is 4.19. The normalized spacial score (nSPS) is 18.5. The van der Waals surface area contributed by atoms with Crippen molar-refractivity contribution in [2.75, 3.05) is 46.5 Å². The molecule has 146 valence electrons. The number of aliphatic imine (C=N–C) groups is 1. The Hall–Kier alpha value is -1.63. The highest BCUT2D eigenvalue weighted by Gasteiger charge is 2.23. The van der Waals surface area contributed by atoms with Crippen LogP contribution in [0, 0.1) is 0 Å². The first-order chi connectivity index (χ1) is 12.5. The van der Waals surface area contributed by atoms with Crippen LogP contribution in [0.1, 0.15) is 32.6 Å². The molecule has 0 bridgehead atoms. The van der Waals surface area contributed by atoms with Gasteiger partial charge < -0.3 is 24.2 Å². The maximum atomic E-state index is 12.2. The van der Waals surface area contributed by atoms with Crippen molar-refractivity contribution in [2.45, 2.75) is 38.7 Å². The van der Waals surface area contributed by atoms with E-state index in [1.54, 1.807) is 24.3 Å². The summed E-state index contributed by atoms with van der Waals surface area (Å²) in [5, 5.41) is 19.9. The molecule has 1 fully saturated rings. The quantitative estimate of drug-likeness (QED) is 0.273. The van der Waals surface area contributed by atoms with Crippen molar-refractivity contribution in [1.29, 1.82) is 0 Å². The molecule has 1 saturated heterocycles. The Morgan fingerprint density at radius 1 is 1.19 bits per heavy atom. The molecule has 1 aromatic carbocycles. The topological polar surface area (TPSA) is 76.8 Å². The van der Waals surface area contributed by atoms with Crippen LogP contribution in [-0.2, 0) is 4.74 Å². The highest BCUT2D eigenvalue weighted by molar-refractivity contribution is 5.75. The lowest BCUT2D eigenvalue weighted by Gasteiger charge is -2.38. The molecular weight excluding hydrogens is 332 g/mol. The highest BCUT2D eigenvalue weighted by atomic mass is 16.5. The summed E-state index contributed by atoms with van der Waals surface area (Å²) in [6.45, 7) is 6.37. The van der Waals surface area contributed by atoms with Gasteiger partial charge in [0.05, 0.1) is 32.4 Å². The van der Waals surface area contributed by atoms with Crippen LogP contribution in [0.5, 0.6) is 5.75 Å². The van der Waals surface area contributed by atoms with Crippen molar-refractivity contribution in [2.24, 2.45) is 4.99 Å². The molecule has 0 spiro atoms. The smallest absolute Gasteiger partial charge is 0.212 e. The molecular formula is C20H33N2O4+. The Bertz CT molecular complexity index is 553. The predicted molar refractivity (Wildman–Crippen MR) is 102 cm³/mol. The first-order valence-electron chi connectivity index (χ1n) is 9.60. The predicted octanol–water partition coefficient (Wildman–Crippen LogP) is 1.61. The van der Waals surface area contributed by atoms with Gasteiger partial charge in [-0.15, -0.1) is 0 Å². The molecule has 6 nitrogen and oxygen atoms in total. The molecule has 6 heteroatoms. The summed E-state index contributed by atoms with van der Waals surface area (Å²) >= 11 is 0. The molecule has 2 N–H and O–H groups in total. The number of hydrogen-bond donors (Lipinski definition) is 0. The van der Waals surface area contributed by atoms with E-state index in [1.165, 1.54) is 32.4 Å². The Balaban J connectivity index is 1.78. The molecule has 1 atom stereocenters. The lowest BCUT2D eigenvalue weighted by molar-refractivity contribution is -0.913. The summed E-state index contributed by atoms with van der Waals surface area (Å²) in [5.41, 5.74) is 0.653. The zero-order chi connectivity index (χ0) is 18.8. The molecule has 0 aromatic heterocycles. The van der Waals surface area contributed by atoms with Gasteiger partial charge in [-0.3, -0.25) is 4.99 Å². The third kappa shape index (κ3) is 7.32. The van der Waals surface area contributed by atoms with Crippen molar-refractivity contribution < 1.29 is 24.2 Å². The molecule has 1 heterocycles. The lowest BCUT2D eigenvalue weighted by Crippen LogP contribution is -2.49. The molecule has 2 rings (SSSR count). The minimum Gasteiger partial charge on any atom is -0.862 e. The van der Waals surface area contributed by atoms with E-state index in [0.717, 1.165) is 11.0 Å². The van der Waals surface area contributed by atoms with Crippen LogP contribution >= 0.6 is 0 Å². The Labute approximate surface area is 156 Å². The molecule has 0 radical (unpaired) electrons. The minimum absolute atomic E-state index is 0.0634. The summed E-state index contributed by atoms with van der Waals surface area (Å²) < 4.78 is 11.8. The second-order valence-corrected chi connectivity index (χ2v) is 7.27. The van der Waals surface area contributed by atoms with E-state index in [-0.39, 0.29) is 12.5 Å². The third-order valence-electron chi connectivity index (χ3n) is 4.83. The van der Waals surface area contributed by atoms with E-state index < -0.39 is 6.10 Å². The number of ether oxygens (including phenoxy) is 2. The molecule has 1 aliphatic rings. The average Bonchev–Trinajstić information content (AvgIpc) is 2.65.